The summed E-state index contributed by atoms with van der Waals surface area (Å²) in [4.78, 5) is 15.5. The van der Waals surface area contributed by atoms with E-state index >= 15 is 0 Å². The average molecular weight is 333 g/mol. The summed E-state index contributed by atoms with van der Waals surface area (Å²) >= 11 is 0. The zero-order valence-electron chi connectivity index (χ0n) is 13.9. The van der Waals surface area contributed by atoms with Gasteiger partial charge in [-0.3, -0.25) is 9.78 Å². The van der Waals surface area contributed by atoms with Crippen LogP contribution in [0.25, 0.3) is 11.1 Å². The fraction of sp³-hybridized carbons (Fsp3) is 0.100. The third-order valence-corrected chi connectivity index (χ3v) is 3.66. The van der Waals surface area contributed by atoms with Crippen LogP contribution in [0.4, 0.5) is 11.4 Å². The van der Waals surface area contributed by atoms with Crippen LogP contribution in [0.2, 0.25) is 0 Å². The molecule has 0 spiro atoms. The number of nitrogens with one attached hydrogen (secondary N) is 2. The number of carbonyl (C=O) groups excluding carboxylic acids is 1. The Kier molecular flexibility index (Phi) is 4.95. The van der Waals surface area contributed by atoms with E-state index in [2.05, 4.69) is 15.6 Å². The van der Waals surface area contributed by atoms with Crippen LogP contribution in [0.15, 0.2) is 67.0 Å². The van der Waals surface area contributed by atoms with Crippen LogP contribution < -0.4 is 10.6 Å². The number of carbonyl (C=O) groups is 1. The van der Waals surface area contributed by atoms with Gasteiger partial charge in [0.05, 0.1) is 5.69 Å². The minimum atomic E-state index is -0.100. The first-order valence-electron chi connectivity index (χ1n) is 7.95. The molecule has 0 bridgehead atoms. The summed E-state index contributed by atoms with van der Waals surface area (Å²) in [6, 6.07) is 16.8. The molecule has 2 aromatic carbocycles. The van der Waals surface area contributed by atoms with Gasteiger partial charge in [0.1, 0.15) is 5.75 Å². The van der Waals surface area contributed by atoms with Crippen LogP contribution in [0.1, 0.15) is 12.5 Å². The largest absolute Gasteiger partial charge is 0.508 e. The normalized spacial score (nSPS) is 10.3. The molecule has 0 aliphatic carbocycles. The van der Waals surface area contributed by atoms with Gasteiger partial charge in [-0.05, 0) is 41.5 Å². The Hall–Kier alpha value is -3.34. The average Bonchev–Trinajstić information content (AvgIpc) is 2.60. The SMILES string of the molecule is CC(=O)Nc1cccc(-c2cncc(NCc3cccc(O)c3)c2)c1. The van der Waals surface area contributed by atoms with Crippen molar-refractivity contribution < 1.29 is 9.90 Å². The van der Waals surface area contributed by atoms with E-state index in [4.69, 9.17) is 0 Å². The van der Waals surface area contributed by atoms with Gasteiger partial charge in [0, 0.05) is 37.1 Å². The van der Waals surface area contributed by atoms with E-state index in [1.807, 2.05) is 42.5 Å². The molecule has 5 heteroatoms. The number of hydrogen-bond acceptors (Lipinski definition) is 4. The molecule has 0 atom stereocenters. The zero-order chi connectivity index (χ0) is 17.6. The molecule has 3 rings (SSSR count). The number of amides is 1. The highest BCUT2D eigenvalue weighted by molar-refractivity contribution is 5.89. The Morgan fingerprint density at radius 2 is 1.80 bits per heavy atom. The number of phenolic OH excluding ortho intramolecular Hbond substituents is 1. The number of anilines is 2. The second kappa shape index (κ2) is 7.49. The highest BCUT2D eigenvalue weighted by atomic mass is 16.3. The Labute approximate surface area is 146 Å². The summed E-state index contributed by atoms with van der Waals surface area (Å²) in [5.74, 6) is 0.151. The van der Waals surface area contributed by atoms with Crippen molar-refractivity contribution in [1.29, 1.82) is 0 Å². The van der Waals surface area contributed by atoms with Crippen LogP contribution in [0.5, 0.6) is 5.75 Å². The number of hydrogen-bond donors (Lipinski definition) is 3. The highest BCUT2D eigenvalue weighted by Gasteiger charge is 2.03. The van der Waals surface area contributed by atoms with Gasteiger partial charge in [-0.25, -0.2) is 0 Å². The van der Waals surface area contributed by atoms with Gasteiger partial charge < -0.3 is 15.7 Å². The Balaban J connectivity index is 1.76. The van der Waals surface area contributed by atoms with Crippen LogP contribution in [-0.4, -0.2) is 16.0 Å². The van der Waals surface area contributed by atoms with Gasteiger partial charge in [-0.1, -0.05) is 24.3 Å². The van der Waals surface area contributed by atoms with Gasteiger partial charge in [0.15, 0.2) is 0 Å². The lowest BCUT2D eigenvalue weighted by Crippen LogP contribution is -2.05. The number of phenols is 1. The van der Waals surface area contributed by atoms with Crippen molar-refractivity contribution in [3.63, 3.8) is 0 Å². The summed E-state index contributed by atoms with van der Waals surface area (Å²) < 4.78 is 0. The summed E-state index contributed by atoms with van der Waals surface area (Å²) in [5.41, 5.74) is 4.54. The lowest BCUT2D eigenvalue weighted by molar-refractivity contribution is -0.114. The minimum absolute atomic E-state index is 0.100. The minimum Gasteiger partial charge on any atom is -0.508 e. The fourth-order valence-corrected chi connectivity index (χ4v) is 2.54. The lowest BCUT2D eigenvalue weighted by Gasteiger charge is -2.10. The van der Waals surface area contributed by atoms with Crippen molar-refractivity contribution in [2.24, 2.45) is 0 Å². The summed E-state index contributed by atoms with van der Waals surface area (Å²) in [6.45, 7) is 2.08. The number of benzene rings is 2. The van der Waals surface area contributed by atoms with Crippen molar-refractivity contribution in [3.05, 3.63) is 72.6 Å². The van der Waals surface area contributed by atoms with Gasteiger partial charge in [-0.15, -0.1) is 0 Å². The zero-order valence-corrected chi connectivity index (χ0v) is 13.9. The molecule has 5 nitrogen and oxygen atoms in total. The maximum atomic E-state index is 11.2. The molecule has 0 aliphatic rings. The van der Waals surface area contributed by atoms with Crippen LogP contribution in [0, 0.1) is 0 Å². The molecule has 126 valence electrons. The van der Waals surface area contributed by atoms with E-state index in [9.17, 15) is 9.90 Å². The Morgan fingerprint density at radius 3 is 2.60 bits per heavy atom. The number of rotatable bonds is 5. The molecule has 25 heavy (non-hydrogen) atoms. The predicted molar refractivity (Wildman–Crippen MR) is 99.4 cm³/mol. The smallest absolute Gasteiger partial charge is 0.221 e. The molecule has 0 aliphatic heterocycles. The van der Waals surface area contributed by atoms with Crippen LogP contribution in [0.3, 0.4) is 0 Å². The van der Waals surface area contributed by atoms with Gasteiger partial charge >= 0.3 is 0 Å². The summed E-state index contributed by atoms with van der Waals surface area (Å²) in [7, 11) is 0. The molecule has 1 amide bonds. The Bertz CT molecular complexity index is 893. The third kappa shape index (κ3) is 4.57. The molecule has 0 saturated heterocycles. The van der Waals surface area contributed by atoms with Crippen molar-refractivity contribution in [2.45, 2.75) is 13.5 Å². The first-order valence-corrected chi connectivity index (χ1v) is 7.95. The molecular weight excluding hydrogens is 314 g/mol. The molecule has 1 aromatic heterocycles. The first-order chi connectivity index (χ1) is 12.1. The molecule has 3 aromatic rings. The molecular formula is C20H19N3O2. The highest BCUT2D eigenvalue weighted by Crippen LogP contribution is 2.24. The maximum absolute atomic E-state index is 11.2. The number of nitrogens with zero attached hydrogens (tertiary/aromatic N) is 1. The summed E-state index contributed by atoms with van der Waals surface area (Å²) in [5, 5.41) is 15.6. The van der Waals surface area contributed by atoms with E-state index in [0.717, 1.165) is 28.1 Å². The molecule has 0 saturated carbocycles. The second-order valence-corrected chi connectivity index (χ2v) is 5.75. The summed E-state index contributed by atoms with van der Waals surface area (Å²) in [6.07, 6.45) is 3.54. The van der Waals surface area contributed by atoms with Crippen molar-refractivity contribution in [1.82, 2.24) is 4.98 Å². The predicted octanol–water partition coefficient (Wildman–Crippen LogP) is 4.02. The van der Waals surface area contributed by atoms with Crippen molar-refractivity contribution in [3.8, 4) is 16.9 Å². The topological polar surface area (TPSA) is 74.2 Å². The molecule has 3 N–H and O–H groups in total. The van der Waals surface area contributed by atoms with E-state index in [1.54, 1.807) is 24.5 Å². The van der Waals surface area contributed by atoms with Crippen LogP contribution >= 0.6 is 0 Å². The van der Waals surface area contributed by atoms with Gasteiger partial charge in [-0.2, -0.15) is 0 Å². The van der Waals surface area contributed by atoms with Gasteiger partial charge in [0.2, 0.25) is 5.91 Å². The standard InChI is InChI=1S/C20H19N3O2/c1-14(24)23-18-6-3-5-16(9-18)17-10-19(13-21-12-17)22-11-15-4-2-7-20(25)8-15/h2-10,12-13,22,25H,11H2,1H3,(H,23,24). The lowest BCUT2D eigenvalue weighted by atomic mass is 10.1. The van der Waals surface area contributed by atoms with Crippen molar-refractivity contribution >= 4 is 17.3 Å². The first kappa shape index (κ1) is 16.5. The fourth-order valence-electron chi connectivity index (χ4n) is 2.54. The van der Waals surface area contributed by atoms with E-state index in [1.165, 1.54) is 6.92 Å². The Morgan fingerprint density at radius 1 is 1.00 bits per heavy atom. The van der Waals surface area contributed by atoms with Gasteiger partial charge in [0.25, 0.3) is 0 Å². The number of pyridine rings is 1. The monoisotopic (exact) mass is 333 g/mol. The maximum Gasteiger partial charge on any atom is 0.221 e. The third-order valence-electron chi connectivity index (χ3n) is 3.66. The molecule has 0 unspecified atom stereocenters. The second-order valence-electron chi connectivity index (χ2n) is 5.75. The van der Waals surface area contributed by atoms with E-state index in [0.29, 0.717) is 6.54 Å². The molecule has 0 radical (unpaired) electrons. The van der Waals surface area contributed by atoms with Crippen LogP contribution in [-0.2, 0) is 11.3 Å². The molecule has 1 heterocycles. The van der Waals surface area contributed by atoms with E-state index < -0.39 is 0 Å². The number of aromatic hydroxyl groups is 1. The quantitative estimate of drug-likeness (QED) is 0.659. The van der Waals surface area contributed by atoms with Crippen molar-refractivity contribution in [2.75, 3.05) is 10.6 Å². The van der Waals surface area contributed by atoms with E-state index in [-0.39, 0.29) is 11.7 Å². The molecule has 0 fully saturated rings. The number of aromatic nitrogens is 1.